The maximum Gasteiger partial charge on any atom is 0.350 e. The number of hydrogen-bond donors (Lipinski definition) is 0. The number of hydrogen-bond acceptors (Lipinski definition) is 10. The van der Waals surface area contributed by atoms with Crippen LogP contribution in [0, 0.1) is 0 Å². The highest BCUT2D eigenvalue weighted by Crippen LogP contribution is 2.39. The number of piperazine rings is 1. The number of nitrogens with zero attached hydrogens (tertiary/aromatic N) is 7. The van der Waals surface area contributed by atoms with E-state index in [1.807, 2.05) is 61.5 Å². The molecule has 3 atom stereocenters. The smallest absolute Gasteiger partial charge is 0.350 e. The second kappa shape index (κ2) is 14.7. The molecule has 50 heavy (non-hydrogen) atoms. The molecule has 1 unspecified atom stereocenters. The Kier molecular flexibility index (Phi) is 9.81. The van der Waals surface area contributed by atoms with Crippen molar-refractivity contribution in [3.8, 4) is 17.2 Å². The van der Waals surface area contributed by atoms with Crippen LogP contribution in [-0.2, 0) is 21.7 Å². The van der Waals surface area contributed by atoms with Crippen LogP contribution in [0.2, 0.25) is 0 Å². The highest BCUT2D eigenvalue weighted by atomic mass is 16.8. The third kappa shape index (κ3) is 7.08. The van der Waals surface area contributed by atoms with Crippen LogP contribution >= 0.6 is 0 Å². The normalized spacial score (nSPS) is 19.8. The molecular formula is C38H43N7O5. The number of anilines is 2. The van der Waals surface area contributed by atoms with Crippen LogP contribution in [-0.4, -0.2) is 77.2 Å². The molecule has 7 rings (SSSR count). The molecule has 2 saturated heterocycles. The zero-order valence-electron chi connectivity index (χ0n) is 28.7. The molecular weight excluding hydrogens is 634 g/mol. The highest BCUT2D eigenvalue weighted by molar-refractivity contribution is 5.54. The summed E-state index contributed by atoms with van der Waals surface area (Å²) < 4.78 is 27.8. The SMILES string of the molecule is CCC(C)n1ncn(-c2ccc(N3CCN(c4ccc(OC[C@@H]5CO[C@@](Cc6ccnnc6)(c6cccc(OC)c6)O5)cc4)CC3)cc2)c1=O. The van der Waals surface area contributed by atoms with Gasteiger partial charge in [-0.05, 0) is 85.6 Å². The minimum atomic E-state index is -0.990. The first-order chi connectivity index (χ1) is 24.4. The molecule has 260 valence electrons. The maximum absolute atomic E-state index is 12.8. The quantitative estimate of drug-likeness (QED) is 0.179. The molecule has 4 heterocycles. The van der Waals surface area contributed by atoms with E-state index in [4.69, 9.17) is 18.9 Å². The van der Waals surface area contributed by atoms with E-state index >= 15 is 0 Å². The molecule has 2 aromatic heterocycles. The van der Waals surface area contributed by atoms with Crippen LogP contribution in [0.4, 0.5) is 11.4 Å². The van der Waals surface area contributed by atoms with Crippen molar-refractivity contribution in [2.75, 3.05) is 56.3 Å². The van der Waals surface area contributed by atoms with E-state index in [0.29, 0.717) is 19.6 Å². The lowest BCUT2D eigenvalue weighted by atomic mass is 9.98. The van der Waals surface area contributed by atoms with Gasteiger partial charge in [-0.3, -0.25) is 0 Å². The molecule has 0 spiro atoms. The van der Waals surface area contributed by atoms with Gasteiger partial charge >= 0.3 is 5.69 Å². The number of methoxy groups -OCH3 is 1. The second-order valence-corrected chi connectivity index (χ2v) is 12.7. The molecule has 2 aliphatic heterocycles. The second-order valence-electron chi connectivity index (χ2n) is 12.7. The predicted octanol–water partition coefficient (Wildman–Crippen LogP) is 5.02. The molecule has 12 nitrogen and oxygen atoms in total. The summed E-state index contributed by atoms with van der Waals surface area (Å²) in [5.74, 6) is 0.524. The topological polar surface area (TPSA) is 109 Å². The molecule has 0 radical (unpaired) electrons. The summed E-state index contributed by atoms with van der Waals surface area (Å²) in [6.07, 6.45) is 6.07. The number of aromatic nitrogens is 5. The van der Waals surface area contributed by atoms with E-state index in [2.05, 4.69) is 56.3 Å². The molecule has 0 aliphatic carbocycles. The van der Waals surface area contributed by atoms with Gasteiger partial charge in [0.25, 0.3) is 0 Å². The number of ether oxygens (including phenoxy) is 4. The summed E-state index contributed by atoms with van der Waals surface area (Å²) in [4.78, 5) is 17.6. The minimum absolute atomic E-state index is 0.0683. The zero-order chi connectivity index (χ0) is 34.5. The Balaban J connectivity index is 0.927. The molecule has 0 bridgehead atoms. The fraction of sp³-hybridized carbons (Fsp3) is 0.368. The lowest BCUT2D eigenvalue weighted by Crippen LogP contribution is -2.46. The van der Waals surface area contributed by atoms with Gasteiger partial charge < -0.3 is 28.7 Å². The van der Waals surface area contributed by atoms with Gasteiger partial charge in [-0.25, -0.2) is 14.0 Å². The Morgan fingerprint density at radius 1 is 0.900 bits per heavy atom. The van der Waals surface area contributed by atoms with Crippen LogP contribution in [0.25, 0.3) is 5.69 Å². The monoisotopic (exact) mass is 677 g/mol. The molecule has 0 amide bonds. The van der Waals surface area contributed by atoms with E-state index in [-0.39, 0.29) is 17.8 Å². The van der Waals surface area contributed by atoms with Crippen molar-refractivity contribution in [3.63, 3.8) is 0 Å². The van der Waals surface area contributed by atoms with E-state index in [0.717, 1.165) is 72.3 Å². The zero-order valence-corrected chi connectivity index (χ0v) is 28.7. The van der Waals surface area contributed by atoms with Crippen molar-refractivity contribution in [2.45, 2.75) is 44.6 Å². The fourth-order valence-electron chi connectivity index (χ4n) is 6.50. The van der Waals surface area contributed by atoms with Crippen molar-refractivity contribution >= 4 is 11.4 Å². The van der Waals surface area contributed by atoms with Crippen molar-refractivity contribution in [1.82, 2.24) is 24.5 Å². The van der Waals surface area contributed by atoms with Gasteiger partial charge in [0.15, 0.2) is 5.79 Å². The number of benzene rings is 3. The standard InChI is InChI=1S/C38H43N7O5/c1-4-28(2)45-37(46)44(27-41-45)33-10-8-31(9-11-33)42-18-20-43(21-19-42)32-12-14-34(15-13-32)48-25-36-26-49-38(50-36,23-29-16-17-39-40-24-29)30-6-5-7-35(22-30)47-3/h5-17,22,24,27-28,36H,4,18-21,23,25-26H2,1-3H3/t28?,36-,38-/m1/s1. The third-order valence-electron chi connectivity index (χ3n) is 9.56. The fourth-order valence-corrected chi connectivity index (χ4v) is 6.50. The molecule has 5 aromatic rings. The first-order valence-electron chi connectivity index (χ1n) is 17.2. The molecule has 2 aliphatic rings. The van der Waals surface area contributed by atoms with Gasteiger partial charge in [0.05, 0.1) is 31.6 Å². The molecule has 12 heteroatoms. The Morgan fingerprint density at radius 2 is 1.60 bits per heavy atom. The average molecular weight is 678 g/mol. The Labute approximate surface area is 291 Å². The maximum atomic E-state index is 12.8. The Bertz CT molecular complexity index is 1910. The van der Waals surface area contributed by atoms with E-state index in [9.17, 15) is 4.79 Å². The highest BCUT2D eigenvalue weighted by Gasteiger charge is 2.44. The lowest BCUT2D eigenvalue weighted by Gasteiger charge is -2.37. The van der Waals surface area contributed by atoms with E-state index in [1.54, 1.807) is 35.1 Å². The van der Waals surface area contributed by atoms with Crippen molar-refractivity contribution < 1.29 is 18.9 Å². The lowest BCUT2D eigenvalue weighted by molar-refractivity contribution is -0.178. The van der Waals surface area contributed by atoms with Gasteiger partial charge in [-0.1, -0.05) is 19.1 Å². The van der Waals surface area contributed by atoms with Crippen molar-refractivity contribution in [2.24, 2.45) is 0 Å². The minimum Gasteiger partial charge on any atom is -0.497 e. The van der Waals surface area contributed by atoms with Gasteiger partial charge in [0.2, 0.25) is 0 Å². The summed E-state index contributed by atoms with van der Waals surface area (Å²) in [7, 11) is 1.65. The van der Waals surface area contributed by atoms with Gasteiger partial charge in [0.1, 0.15) is 30.5 Å². The Hall–Kier alpha value is -5.20. The molecule has 3 aromatic carbocycles. The van der Waals surface area contributed by atoms with Gasteiger partial charge in [-0.15, -0.1) is 0 Å². The van der Waals surface area contributed by atoms with Crippen LogP contribution in [0.5, 0.6) is 11.5 Å². The van der Waals surface area contributed by atoms with Gasteiger partial charge in [-0.2, -0.15) is 15.3 Å². The summed E-state index contributed by atoms with van der Waals surface area (Å²) in [5, 5.41) is 12.2. The van der Waals surface area contributed by atoms with Crippen LogP contribution in [0.1, 0.15) is 37.4 Å². The van der Waals surface area contributed by atoms with E-state index < -0.39 is 5.79 Å². The molecule has 2 fully saturated rings. The summed E-state index contributed by atoms with van der Waals surface area (Å²) in [6, 6.07) is 26.2. The largest absolute Gasteiger partial charge is 0.497 e. The Morgan fingerprint density at radius 3 is 2.26 bits per heavy atom. The van der Waals surface area contributed by atoms with Crippen LogP contribution < -0.4 is 25.0 Å². The molecule has 0 saturated carbocycles. The van der Waals surface area contributed by atoms with Crippen LogP contribution in [0.15, 0.2) is 102 Å². The predicted molar refractivity (Wildman–Crippen MR) is 190 cm³/mol. The number of rotatable bonds is 12. The molecule has 0 N–H and O–H groups in total. The van der Waals surface area contributed by atoms with Crippen molar-refractivity contribution in [3.05, 3.63) is 119 Å². The summed E-state index contributed by atoms with van der Waals surface area (Å²) >= 11 is 0. The summed E-state index contributed by atoms with van der Waals surface area (Å²) in [5.41, 5.74) is 4.84. The van der Waals surface area contributed by atoms with E-state index in [1.165, 1.54) is 0 Å². The van der Waals surface area contributed by atoms with Crippen molar-refractivity contribution in [1.29, 1.82) is 0 Å². The summed E-state index contributed by atoms with van der Waals surface area (Å²) in [6.45, 7) is 8.39. The first kappa shape index (κ1) is 33.3. The van der Waals surface area contributed by atoms with Gasteiger partial charge in [0, 0.05) is 55.7 Å². The first-order valence-corrected chi connectivity index (χ1v) is 17.2. The third-order valence-corrected chi connectivity index (χ3v) is 9.56. The van der Waals surface area contributed by atoms with Crippen LogP contribution in [0.3, 0.4) is 0 Å². The average Bonchev–Trinajstić information content (AvgIpc) is 3.78.